The lowest BCUT2D eigenvalue weighted by Gasteiger charge is -2.23. The van der Waals surface area contributed by atoms with E-state index in [2.05, 4.69) is 64.2 Å². The highest BCUT2D eigenvalue weighted by atomic mass is 16.5. The van der Waals surface area contributed by atoms with Gasteiger partial charge in [0.1, 0.15) is 0 Å². The number of hydrogen-bond acceptors (Lipinski definition) is 2. The fraction of sp³-hybridized carbons (Fsp3) is 0.684. The Morgan fingerprint density at radius 2 is 1.71 bits per heavy atom. The van der Waals surface area contributed by atoms with Crippen LogP contribution < -0.4 is 5.32 Å². The molecule has 0 aliphatic rings. The molecule has 1 rings (SSSR count). The first-order valence-electron chi connectivity index (χ1n) is 8.13. The van der Waals surface area contributed by atoms with E-state index in [1.807, 2.05) is 0 Å². The predicted molar refractivity (Wildman–Crippen MR) is 91.9 cm³/mol. The van der Waals surface area contributed by atoms with Gasteiger partial charge in [-0.3, -0.25) is 0 Å². The van der Waals surface area contributed by atoms with Gasteiger partial charge in [0.15, 0.2) is 0 Å². The monoisotopic (exact) mass is 291 g/mol. The predicted octanol–water partition coefficient (Wildman–Crippen LogP) is 4.03. The highest BCUT2D eigenvalue weighted by Crippen LogP contribution is 2.24. The molecule has 0 aliphatic heterocycles. The first kappa shape index (κ1) is 18.2. The molecule has 1 aromatic carbocycles. The van der Waals surface area contributed by atoms with Gasteiger partial charge in [0.25, 0.3) is 0 Å². The molecule has 1 N–H and O–H groups in total. The summed E-state index contributed by atoms with van der Waals surface area (Å²) in [6.45, 7) is 14.2. The Kier molecular flexibility index (Phi) is 7.41. The molecule has 1 unspecified atom stereocenters. The third kappa shape index (κ3) is 6.62. The van der Waals surface area contributed by atoms with Gasteiger partial charge in [-0.25, -0.2) is 0 Å². The summed E-state index contributed by atoms with van der Waals surface area (Å²) < 4.78 is 5.08. The molecule has 1 atom stereocenters. The molecule has 0 saturated heterocycles. The first-order valence-corrected chi connectivity index (χ1v) is 8.13. The quantitative estimate of drug-likeness (QED) is 0.730. The van der Waals surface area contributed by atoms with E-state index in [0.717, 1.165) is 26.1 Å². The Hall–Kier alpha value is -0.860. The zero-order valence-electron chi connectivity index (χ0n) is 14.7. The maximum atomic E-state index is 5.08. The molecule has 0 aliphatic carbocycles. The molecular weight excluding hydrogens is 258 g/mol. The van der Waals surface area contributed by atoms with Crippen molar-refractivity contribution in [3.05, 3.63) is 35.4 Å². The molecule has 0 heterocycles. The van der Waals surface area contributed by atoms with Crippen molar-refractivity contribution in [2.75, 3.05) is 26.8 Å². The van der Waals surface area contributed by atoms with Crippen LogP contribution in [0.3, 0.4) is 0 Å². The lowest BCUT2D eigenvalue weighted by molar-refractivity contribution is 0.196. The van der Waals surface area contributed by atoms with Gasteiger partial charge in [-0.15, -0.1) is 0 Å². The van der Waals surface area contributed by atoms with E-state index in [1.165, 1.54) is 11.1 Å². The van der Waals surface area contributed by atoms with Crippen LogP contribution in [0.1, 0.15) is 45.7 Å². The van der Waals surface area contributed by atoms with Gasteiger partial charge in [-0.1, -0.05) is 58.9 Å². The number of hydrogen-bond donors (Lipinski definition) is 1. The summed E-state index contributed by atoms with van der Waals surface area (Å²) in [5, 5.41) is 3.50. The average molecular weight is 291 g/mol. The molecule has 0 amide bonds. The fourth-order valence-electron chi connectivity index (χ4n) is 2.45. The molecule has 0 saturated carbocycles. The van der Waals surface area contributed by atoms with E-state index in [9.17, 15) is 0 Å². The van der Waals surface area contributed by atoms with Crippen LogP contribution in [-0.4, -0.2) is 26.8 Å². The average Bonchev–Trinajstić information content (AvgIpc) is 2.41. The van der Waals surface area contributed by atoms with E-state index >= 15 is 0 Å². The maximum Gasteiger partial charge on any atom is 0.0587 e. The standard InChI is InChI=1S/C19H33NO/c1-15(2)17(14-20-11-12-21-6)13-16-7-9-18(10-8-16)19(3,4)5/h7-10,15,17,20H,11-14H2,1-6H3. The van der Waals surface area contributed by atoms with E-state index < -0.39 is 0 Å². The fourth-order valence-corrected chi connectivity index (χ4v) is 2.45. The van der Waals surface area contributed by atoms with Crippen LogP contribution in [0.15, 0.2) is 24.3 Å². The van der Waals surface area contributed by atoms with Crippen LogP contribution in [-0.2, 0) is 16.6 Å². The number of benzene rings is 1. The van der Waals surface area contributed by atoms with Crippen molar-refractivity contribution in [1.29, 1.82) is 0 Å². The van der Waals surface area contributed by atoms with Gasteiger partial charge in [0.2, 0.25) is 0 Å². The van der Waals surface area contributed by atoms with Crippen LogP contribution in [0.2, 0.25) is 0 Å². The zero-order valence-corrected chi connectivity index (χ0v) is 14.7. The molecule has 0 spiro atoms. The molecule has 0 radical (unpaired) electrons. The van der Waals surface area contributed by atoms with Gasteiger partial charge in [0.05, 0.1) is 6.61 Å². The van der Waals surface area contributed by atoms with Crippen molar-refractivity contribution in [3.8, 4) is 0 Å². The van der Waals surface area contributed by atoms with E-state index in [0.29, 0.717) is 11.8 Å². The normalized spacial score (nSPS) is 13.7. The lowest BCUT2D eigenvalue weighted by Crippen LogP contribution is -2.30. The van der Waals surface area contributed by atoms with Crippen molar-refractivity contribution >= 4 is 0 Å². The lowest BCUT2D eigenvalue weighted by atomic mass is 9.84. The Bertz CT molecular complexity index is 389. The van der Waals surface area contributed by atoms with Crippen molar-refractivity contribution in [3.63, 3.8) is 0 Å². The van der Waals surface area contributed by atoms with Crippen LogP contribution in [0.5, 0.6) is 0 Å². The number of rotatable bonds is 8. The second-order valence-electron chi connectivity index (χ2n) is 7.35. The van der Waals surface area contributed by atoms with E-state index in [4.69, 9.17) is 4.74 Å². The summed E-state index contributed by atoms with van der Waals surface area (Å²) >= 11 is 0. The summed E-state index contributed by atoms with van der Waals surface area (Å²) in [7, 11) is 1.75. The summed E-state index contributed by atoms with van der Waals surface area (Å²) in [5.74, 6) is 1.35. The minimum absolute atomic E-state index is 0.234. The molecule has 0 bridgehead atoms. The number of ether oxygens (including phenoxy) is 1. The minimum atomic E-state index is 0.234. The van der Waals surface area contributed by atoms with Crippen molar-refractivity contribution < 1.29 is 4.74 Å². The SMILES string of the molecule is COCCNCC(Cc1ccc(C(C)(C)C)cc1)C(C)C. The molecule has 21 heavy (non-hydrogen) atoms. The molecule has 0 aromatic heterocycles. The zero-order chi connectivity index (χ0) is 15.9. The van der Waals surface area contributed by atoms with Crippen LogP contribution in [0, 0.1) is 11.8 Å². The largest absolute Gasteiger partial charge is 0.383 e. The molecule has 0 fully saturated rings. The van der Waals surface area contributed by atoms with Crippen LogP contribution >= 0.6 is 0 Å². The third-order valence-electron chi connectivity index (χ3n) is 4.15. The Morgan fingerprint density at radius 1 is 1.10 bits per heavy atom. The van der Waals surface area contributed by atoms with Gasteiger partial charge in [-0.2, -0.15) is 0 Å². The summed E-state index contributed by atoms with van der Waals surface area (Å²) in [4.78, 5) is 0. The molecule has 1 aromatic rings. The second-order valence-corrected chi connectivity index (χ2v) is 7.35. The van der Waals surface area contributed by atoms with Gasteiger partial charge >= 0.3 is 0 Å². The third-order valence-corrected chi connectivity index (χ3v) is 4.15. The second kappa shape index (κ2) is 8.55. The first-order chi connectivity index (χ1) is 9.84. The van der Waals surface area contributed by atoms with E-state index in [1.54, 1.807) is 7.11 Å². The highest BCUT2D eigenvalue weighted by Gasteiger charge is 2.16. The van der Waals surface area contributed by atoms with Crippen molar-refractivity contribution in [2.45, 2.75) is 46.5 Å². The Labute approximate surface area is 131 Å². The number of nitrogens with one attached hydrogen (secondary N) is 1. The highest BCUT2D eigenvalue weighted by molar-refractivity contribution is 5.27. The van der Waals surface area contributed by atoms with Gasteiger partial charge in [0, 0.05) is 13.7 Å². The van der Waals surface area contributed by atoms with Gasteiger partial charge in [-0.05, 0) is 41.3 Å². The van der Waals surface area contributed by atoms with Gasteiger partial charge < -0.3 is 10.1 Å². The molecule has 2 nitrogen and oxygen atoms in total. The number of methoxy groups -OCH3 is 1. The molecular formula is C19H33NO. The summed E-state index contributed by atoms with van der Waals surface area (Å²) in [6, 6.07) is 9.16. The molecule has 2 heteroatoms. The molecule has 120 valence electrons. The smallest absolute Gasteiger partial charge is 0.0587 e. The van der Waals surface area contributed by atoms with Crippen LogP contribution in [0.4, 0.5) is 0 Å². The minimum Gasteiger partial charge on any atom is -0.383 e. The maximum absolute atomic E-state index is 5.08. The van der Waals surface area contributed by atoms with Crippen molar-refractivity contribution in [1.82, 2.24) is 5.32 Å². The Balaban J connectivity index is 2.58. The topological polar surface area (TPSA) is 21.3 Å². The van der Waals surface area contributed by atoms with Crippen molar-refractivity contribution in [2.24, 2.45) is 11.8 Å². The summed E-state index contributed by atoms with van der Waals surface area (Å²) in [6.07, 6.45) is 1.14. The Morgan fingerprint density at radius 3 is 2.19 bits per heavy atom. The summed E-state index contributed by atoms with van der Waals surface area (Å²) in [5.41, 5.74) is 3.08. The van der Waals surface area contributed by atoms with E-state index in [-0.39, 0.29) is 5.41 Å². The van der Waals surface area contributed by atoms with Crippen LogP contribution in [0.25, 0.3) is 0 Å².